The van der Waals surface area contributed by atoms with Crippen LogP contribution in [0.1, 0.15) is 57.6 Å². The van der Waals surface area contributed by atoms with E-state index in [0.29, 0.717) is 26.3 Å². The highest BCUT2D eigenvalue weighted by Crippen LogP contribution is 2.34. The van der Waals surface area contributed by atoms with Crippen molar-refractivity contribution in [2.75, 3.05) is 34.0 Å². The van der Waals surface area contributed by atoms with Crippen molar-refractivity contribution in [2.45, 2.75) is 59.0 Å². The third-order valence-electron chi connectivity index (χ3n) is 4.94. The Morgan fingerprint density at radius 3 is 2.04 bits per heavy atom. The highest BCUT2D eigenvalue weighted by atomic mass is 16.5. The van der Waals surface area contributed by atoms with Crippen LogP contribution in [0.2, 0.25) is 0 Å². The average Bonchev–Trinajstić information content (AvgIpc) is 2.83. The number of nitrogens with zero attached hydrogens (tertiary/aromatic N) is 2. The zero-order chi connectivity index (χ0) is 19.0. The Morgan fingerprint density at radius 2 is 1.60 bits per heavy atom. The molecule has 0 atom stereocenters. The Labute approximate surface area is 152 Å². The summed E-state index contributed by atoms with van der Waals surface area (Å²) in [7, 11) is 3.42. The molecule has 2 rings (SSSR count). The zero-order valence-corrected chi connectivity index (χ0v) is 17.1. The number of rotatable bonds is 4. The molecular weight excluding hydrogens is 316 g/mol. The first-order chi connectivity index (χ1) is 11.4. The van der Waals surface area contributed by atoms with Crippen LogP contribution in [-0.4, -0.2) is 54.9 Å². The van der Waals surface area contributed by atoms with Gasteiger partial charge < -0.3 is 18.9 Å². The largest absolute Gasteiger partial charge is 0.384 e. The van der Waals surface area contributed by atoms with Gasteiger partial charge in [0.15, 0.2) is 0 Å². The van der Waals surface area contributed by atoms with Crippen LogP contribution in [0.3, 0.4) is 0 Å². The van der Waals surface area contributed by atoms with Gasteiger partial charge >= 0.3 is 0 Å². The molecule has 1 aliphatic heterocycles. The van der Waals surface area contributed by atoms with Gasteiger partial charge in [-0.1, -0.05) is 20.8 Å². The Bertz CT molecular complexity index is 614. The lowest BCUT2D eigenvalue weighted by molar-refractivity contribution is -0.0282. The molecular formula is C20H34N2O3. The van der Waals surface area contributed by atoms with Gasteiger partial charge in [0.2, 0.25) is 0 Å². The maximum Gasteiger partial charge on any atom is 0.270 e. The van der Waals surface area contributed by atoms with Gasteiger partial charge in [-0.3, -0.25) is 4.79 Å². The molecule has 2 heterocycles. The molecule has 0 N–H and O–H groups in total. The lowest BCUT2D eigenvalue weighted by atomic mass is 9.87. The first-order valence-electron chi connectivity index (χ1n) is 8.94. The van der Waals surface area contributed by atoms with Crippen LogP contribution in [0.25, 0.3) is 0 Å². The van der Waals surface area contributed by atoms with Gasteiger partial charge in [0, 0.05) is 39.0 Å². The van der Waals surface area contributed by atoms with E-state index in [2.05, 4.69) is 58.4 Å². The number of fused-ring (bicyclic) bond motifs is 1. The van der Waals surface area contributed by atoms with Crippen LogP contribution < -0.4 is 0 Å². The topological polar surface area (TPSA) is 43.7 Å². The van der Waals surface area contributed by atoms with Crippen LogP contribution in [0.5, 0.6) is 0 Å². The maximum atomic E-state index is 13.3. The second-order valence-electron chi connectivity index (χ2n) is 9.42. The van der Waals surface area contributed by atoms with E-state index in [1.165, 1.54) is 5.56 Å². The smallest absolute Gasteiger partial charge is 0.270 e. The van der Waals surface area contributed by atoms with Crippen molar-refractivity contribution < 1.29 is 14.3 Å². The number of carbonyl (C=O) groups is 1. The van der Waals surface area contributed by atoms with E-state index in [0.717, 1.165) is 5.69 Å². The van der Waals surface area contributed by atoms with Crippen molar-refractivity contribution >= 4 is 5.91 Å². The minimum Gasteiger partial charge on any atom is -0.384 e. The van der Waals surface area contributed by atoms with Crippen molar-refractivity contribution in [3.05, 3.63) is 23.5 Å². The molecule has 5 heteroatoms. The van der Waals surface area contributed by atoms with Gasteiger partial charge in [0.05, 0.1) is 18.6 Å². The van der Waals surface area contributed by atoms with E-state index in [1.807, 2.05) is 4.90 Å². The van der Waals surface area contributed by atoms with E-state index >= 15 is 0 Å². The number of hydrogen-bond donors (Lipinski definition) is 0. The summed E-state index contributed by atoms with van der Waals surface area (Å²) in [6.45, 7) is 15.2. The standard InChI is InChI=1S/C20H34N2O3/c1-18(2,3)15-9-16-17(23)22(19(4,5)6)12-20(13-24-7,14-25-8)11-21(16)10-15/h9-10H,11-14H2,1-8H3. The van der Waals surface area contributed by atoms with Gasteiger partial charge in [-0.25, -0.2) is 0 Å². The number of aromatic nitrogens is 1. The second-order valence-corrected chi connectivity index (χ2v) is 9.42. The molecule has 0 unspecified atom stereocenters. The molecule has 0 radical (unpaired) electrons. The monoisotopic (exact) mass is 350 g/mol. The Kier molecular flexibility index (Phi) is 5.41. The SMILES string of the molecule is COCC1(COC)CN(C(C)(C)C)C(=O)c2cc(C(C)(C)C)cn2C1. The molecule has 0 fully saturated rings. The Balaban J connectivity index is 2.60. The average molecular weight is 351 g/mol. The summed E-state index contributed by atoms with van der Waals surface area (Å²) >= 11 is 0. The number of methoxy groups -OCH3 is 2. The summed E-state index contributed by atoms with van der Waals surface area (Å²) in [6, 6.07) is 2.05. The lowest BCUT2D eigenvalue weighted by Crippen LogP contribution is -2.52. The molecule has 0 bridgehead atoms. The van der Waals surface area contributed by atoms with Gasteiger partial charge in [0.25, 0.3) is 5.91 Å². The normalized spacial score (nSPS) is 18.2. The molecule has 142 valence electrons. The van der Waals surface area contributed by atoms with Crippen LogP contribution in [0.15, 0.2) is 12.3 Å². The first kappa shape index (κ1) is 20.0. The molecule has 0 saturated carbocycles. The van der Waals surface area contributed by atoms with Crippen LogP contribution in [0.4, 0.5) is 0 Å². The number of amides is 1. The van der Waals surface area contributed by atoms with Crippen molar-refractivity contribution in [2.24, 2.45) is 5.41 Å². The first-order valence-corrected chi connectivity index (χ1v) is 8.94. The van der Waals surface area contributed by atoms with Crippen molar-refractivity contribution in [1.29, 1.82) is 0 Å². The summed E-state index contributed by atoms with van der Waals surface area (Å²) in [5.41, 5.74) is 1.39. The molecule has 0 aromatic carbocycles. The molecule has 0 aliphatic carbocycles. The van der Waals surface area contributed by atoms with E-state index in [1.54, 1.807) is 14.2 Å². The highest BCUT2D eigenvalue weighted by molar-refractivity contribution is 5.94. The predicted octanol–water partition coefficient (Wildman–Crippen LogP) is 3.32. The highest BCUT2D eigenvalue weighted by Gasteiger charge is 2.43. The maximum absolute atomic E-state index is 13.3. The molecule has 1 aliphatic rings. The summed E-state index contributed by atoms with van der Waals surface area (Å²) in [5, 5.41) is 0. The fourth-order valence-corrected chi connectivity index (χ4v) is 3.57. The molecule has 0 spiro atoms. The van der Waals surface area contributed by atoms with Crippen molar-refractivity contribution in [3.8, 4) is 0 Å². The number of carbonyl (C=O) groups excluding carboxylic acids is 1. The summed E-state index contributed by atoms with van der Waals surface area (Å²) in [6.07, 6.45) is 2.12. The lowest BCUT2D eigenvalue weighted by Gasteiger charge is -2.41. The van der Waals surface area contributed by atoms with Gasteiger partial charge in [0.1, 0.15) is 5.69 Å². The molecule has 1 amide bonds. The van der Waals surface area contributed by atoms with Crippen LogP contribution >= 0.6 is 0 Å². The minimum absolute atomic E-state index is 0.00277. The Morgan fingerprint density at radius 1 is 1.04 bits per heavy atom. The fraction of sp³-hybridized carbons (Fsp3) is 0.750. The van der Waals surface area contributed by atoms with Gasteiger partial charge in [-0.2, -0.15) is 0 Å². The van der Waals surface area contributed by atoms with E-state index in [-0.39, 0.29) is 22.3 Å². The zero-order valence-electron chi connectivity index (χ0n) is 17.1. The predicted molar refractivity (Wildman–Crippen MR) is 100 cm³/mol. The van der Waals surface area contributed by atoms with Gasteiger partial charge in [-0.05, 0) is 37.8 Å². The molecule has 0 saturated heterocycles. The number of hydrogen-bond acceptors (Lipinski definition) is 3. The van der Waals surface area contributed by atoms with Crippen LogP contribution in [0, 0.1) is 5.41 Å². The summed E-state index contributed by atoms with van der Waals surface area (Å²) in [4.78, 5) is 15.3. The molecule has 25 heavy (non-hydrogen) atoms. The van der Waals surface area contributed by atoms with Crippen molar-refractivity contribution in [1.82, 2.24) is 9.47 Å². The molecule has 5 nitrogen and oxygen atoms in total. The summed E-state index contributed by atoms with van der Waals surface area (Å²) in [5.74, 6) is 0.0806. The van der Waals surface area contributed by atoms with E-state index < -0.39 is 0 Å². The molecule has 1 aromatic rings. The third-order valence-corrected chi connectivity index (χ3v) is 4.94. The Hall–Kier alpha value is -1.33. The minimum atomic E-state index is -0.273. The van der Waals surface area contributed by atoms with Crippen LogP contribution in [-0.2, 0) is 21.4 Å². The summed E-state index contributed by atoms with van der Waals surface area (Å²) < 4.78 is 13.2. The van der Waals surface area contributed by atoms with E-state index in [4.69, 9.17) is 9.47 Å². The van der Waals surface area contributed by atoms with Gasteiger partial charge in [-0.15, -0.1) is 0 Å². The number of ether oxygens (including phenoxy) is 2. The second kappa shape index (κ2) is 6.76. The van der Waals surface area contributed by atoms with Crippen molar-refractivity contribution in [3.63, 3.8) is 0 Å². The molecule has 1 aromatic heterocycles. The quantitative estimate of drug-likeness (QED) is 0.837. The van der Waals surface area contributed by atoms with E-state index in [9.17, 15) is 4.79 Å². The third kappa shape index (κ3) is 4.09. The fourth-order valence-electron chi connectivity index (χ4n) is 3.57.